The minimum absolute atomic E-state index is 0.00344. The Bertz CT molecular complexity index is 1260. The molecule has 2 atom stereocenters. The molecule has 2 fully saturated rings. The summed E-state index contributed by atoms with van der Waals surface area (Å²) in [5.41, 5.74) is 5.22. The van der Waals surface area contributed by atoms with Crippen molar-refractivity contribution >= 4 is 17.5 Å². The van der Waals surface area contributed by atoms with Crippen molar-refractivity contribution in [1.82, 2.24) is 9.80 Å². The lowest BCUT2D eigenvalue weighted by atomic mass is 9.87. The maximum atomic E-state index is 13.9. The SMILES string of the molecule is COc1ccc([C@@H]2CN(C(=O)c3ccccc3C)C[C@H]2C(=O)N2CCN(c3ccccc3C)CC2)cc1. The zero-order chi connectivity index (χ0) is 25.9. The van der Waals surface area contributed by atoms with Gasteiger partial charge in [-0.05, 0) is 54.8 Å². The van der Waals surface area contributed by atoms with E-state index < -0.39 is 0 Å². The Morgan fingerprint density at radius 2 is 1.41 bits per heavy atom. The van der Waals surface area contributed by atoms with E-state index in [1.54, 1.807) is 7.11 Å². The average Bonchev–Trinajstić information content (AvgIpc) is 3.38. The van der Waals surface area contributed by atoms with Crippen molar-refractivity contribution in [2.75, 3.05) is 51.3 Å². The Morgan fingerprint density at radius 1 is 0.757 bits per heavy atom. The molecule has 2 heterocycles. The van der Waals surface area contributed by atoms with Gasteiger partial charge in [0.2, 0.25) is 5.91 Å². The number of benzene rings is 3. The van der Waals surface area contributed by atoms with Crippen LogP contribution in [-0.4, -0.2) is 68.0 Å². The van der Waals surface area contributed by atoms with Gasteiger partial charge in [0.1, 0.15) is 5.75 Å². The average molecular weight is 498 g/mol. The number of aryl methyl sites for hydroxylation is 2. The summed E-state index contributed by atoms with van der Waals surface area (Å²) in [6.45, 7) is 8.03. The minimum Gasteiger partial charge on any atom is -0.497 e. The fourth-order valence-electron chi connectivity index (χ4n) is 5.71. The Labute approximate surface area is 219 Å². The summed E-state index contributed by atoms with van der Waals surface area (Å²) < 4.78 is 5.34. The van der Waals surface area contributed by atoms with E-state index in [1.807, 2.05) is 65.3 Å². The Kier molecular flexibility index (Phi) is 7.17. The number of carbonyl (C=O) groups excluding carboxylic acids is 2. The first-order chi connectivity index (χ1) is 18.0. The molecule has 6 nitrogen and oxygen atoms in total. The number of methoxy groups -OCH3 is 1. The van der Waals surface area contributed by atoms with Gasteiger partial charge < -0.3 is 19.4 Å². The molecule has 0 unspecified atom stereocenters. The molecule has 3 aromatic rings. The van der Waals surface area contributed by atoms with Crippen LogP contribution in [0.3, 0.4) is 0 Å². The van der Waals surface area contributed by atoms with Crippen molar-refractivity contribution in [2.45, 2.75) is 19.8 Å². The van der Waals surface area contributed by atoms with Gasteiger partial charge in [-0.25, -0.2) is 0 Å². The Morgan fingerprint density at radius 3 is 2.05 bits per heavy atom. The second-order valence-electron chi connectivity index (χ2n) is 10.1. The molecule has 0 aromatic heterocycles. The maximum absolute atomic E-state index is 13.9. The van der Waals surface area contributed by atoms with Gasteiger partial charge in [-0.1, -0.05) is 48.5 Å². The third-order valence-corrected chi connectivity index (χ3v) is 7.89. The zero-order valence-electron chi connectivity index (χ0n) is 21.9. The van der Waals surface area contributed by atoms with E-state index in [1.165, 1.54) is 11.3 Å². The molecule has 192 valence electrons. The quantitative estimate of drug-likeness (QED) is 0.520. The monoisotopic (exact) mass is 497 g/mol. The number of hydrogen-bond donors (Lipinski definition) is 0. The summed E-state index contributed by atoms with van der Waals surface area (Å²) in [4.78, 5) is 33.7. The van der Waals surface area contributed by atoms with Gasteiger partial charge in [0.25, 0.3) is 5.91 Å². The third kappa shape index (κ3) is 5.06. The van der Waals surface area contributed by atoms with Gasteiger partial charge >= 0.3 is 0 Å². The summed E-state index contributed by atoms with van der Waals surface area (Å²) >= 11 is 0. The van der Waals surface area contributed by atoms with Crippen LogP contribution in [0.15, 0.2) is 72.8 Å². The molecular formula is C31H35N3O3. The van der Waals surface area contributed by atoms with E-state index >= 15 is 0 Å². The van der Waals surface area contributed by atoms with E-state index in [0.29, 0.717) is 31.7 Å². The predicted octanol–water partition coefficient (Wildman–Crippen LogP) is 4.52. The molecule has 0 N–H and O–H groups in total. The van der Waals surface area contributed by atoms with Crippen molar-refractivity contribution in [1.29, 1.82) is 0 Å². The van der Waals surface area contributed by atoms with Crippen LogP contribution in [0.5, 0.6) is 5.75 Å². The fourth-order valence-corrected chi connectivity index (χ4v) is 5.71. The lowest BCUT2D eigenvalue weighted by Crippen LogP contribution is -2.51. The number of hydrogen-bond acceptors (Lipinski definition) is 4. The molecule has 2 aliphatic rings. The van der Waals surface area contributed by atoms with Crippen molar-refractivity contribution < 1.29 is 14.3 Å². The highest BCUT2D eigenvalue weighted by atomic mass is 16.5. The number of para-hydroxylation sites is 1. The normalized spacial score (nSPS) is 19.7. The molecule has 2 aliphatic heterocycles. The molecule has 0 bridgehead atoms. The van der Waals surface area contributed by atoms with Crippen LogP contribution in [0.2, 0.25) is 0 Å². The molecule has 0 aliphatic carbocycles. The summed E-state index contributed by atoms with van der Waals surface area (Å²) in [5.74, 6) is 0.596. The van der Waals surface area contributed by atoms with Crippen LogP contribution < -0.4 is 9.64 Å². The summed E-state index contributed by atoms with van der Waals surface area (Å²) in [5, 5.41) is 0. The summed E-state index contributed by atoms with van der Waals surface area (Å²) in [6, 6.07) is 24.0. The van der Waals surface area contributed by atoms with Crippen LogP contribution >= 0.6 is 0 Å². The van der Waals surface area contributed by atoms with Gasteiger partial charge in [0.05, 0.1) is 13.0 Å². The number of rotatable bonds is 5. The van der Waals surface area contributed by atoms with Crippen LogP contribution in [0.1, 0.15) is 33.0 Å². The molecule has 0 saturated carbocycles. The van der Waals surface area contributed by atoms with Gasteiger partial charge in [-0.3, -0.25) is 9.59 Å². The smallest absolute Gasteiger partial charge is 0.254 e. The van der Waals surface area contributed by atoms with E-state index in [9.17, 15) is 9.59 Å². The number of anilines is 1. The molecule has 3 aromatic carbocycles. The number of nitrogens with zero attached hydrogens (tertiary/aromatic N) is 3. The van der Waals surface area contributed by atoms with Gasteiger partial charge in [-0.2, -0.15) is 0 Å². The van der Waals surface area contributed by atoms with E-state index in [-0.39, 0.29) is 23.7 Å². The lowest BCUT2D eigenvalue weighted by molar-refractivity contribution is -0.135. The number of carbonyl (C=O) groups is 2. The fraction of sp³-hybridized carbons (Fsp3) is 0.355. The number of piperazine rings is 1. The highest BCUT2D eigenvalue weighted by Crippen LogP contribution is 2.36. The zero-order valence-corrected chi connectivity index (χ0v) is 21.9. The second kappa shape index (κ2) is 10.7. The predicted molar refractivity (Wildman–Crippen MR) is 146 cm³/mol. The van der Waals surface area contributed by atoms with E-state index in [2.05, 4.69) is 36.1 Å². The minimum atomic E-state index is -0.272. The summed E-state index contributed by atoms with van der Waals surface area (Å²) in [7, 11) is 1.65. The number of likely N-dealkylation sites (tertiary alicyclic amines) is 1. The van der Waals surface area contributed by atoms with Crippen molar-refractivity contribution in [3.63, 3.8) is 0 Å². The first-order valence-electron chi connectivity index (χ1n) is 13.0. The number of ether oxygens (including phenoxy) is 1. The maximum Gasteiger partial charge on any atom is 0.254 e. The van der Waals surface area contributed by atoms with Crippen molar-refractivity contribution in [3.8, 4) is 5.75 Å². The van der Waals surface area contributed by atoms with Gasteiger partial charge in [0, 0.05) is 56.4 Å². The summed E-state index contributed by atoms with van der Waals surface area (Å²) in [6.07, 6.45) is 0. The van der Waals surface area contributed by atoms with Crippen molar-refractivity contribution in [2.24, 2.45) is 5.92 Å². The van der Waals surface area contributed by atoms with E-state index in [0.717, 1.165) is 30.0 Å². The molecule has 2 saturated heterocycles. The molecule has 0 radical (unpaired) electrons. The van der Waals surface area contributed by atoms with Crippen molar-refractivity contribution in [3.05, 3.63) is 95.1 Å². The third-order valence-electron chi connectivity index (χ3n) is 7.89. The standard InChI is InChI=1S/C31H35N3O3/c1-22-8-4-6-10-26(22)30(35)34-20-27(24-12-14-25(37-3)15-13-24)28(21-34)31(36)33-18-16-32(17-19-33)29-11-7-5-9-23(29)2/h4-15,27-28H,16-21H2,1-3H3/t27-,28+/m0/s1. The first kappa shape index (κ1) is 24.9. The molecular weight excluding hydrogens is 462 g/mol. The highest BCUT2D eigenvalue weighted by molar-refractivity contribution is 5.96. The largest absolute Gasteiger partial charge is 0.497 e. The molecule has 37 heavy (non-hydrogen) atoms. The van der Waals surface area contributed by atoms with E-state index in [4.69, 9.17) is 4.74 Å². The Hall–Kier alpha value is -3.80. The second-order valence-corrected chi connectivity index (χ2v) is 10.1. The molecule has 2 amide bonds. The molecule has 6 heteroatoms. The first-order valence-corrected chi connectivity index (χ1v) is 13.0. The van der Waals surface area contributed by atoms with Crippen LogP contribution in [-0.2, 0) is 4.79 Å². The topological polar surface area (TPSA) is 53.1 Å². The molecule has 5 rings (SSSR count). The van der Waals surface area contributed by atoms with Gasteiger partial charge in [-0.15, -0.1) is 0 Å². The Balaban J connectivity index is 1.35. The van der Waals surface area contributed by atoms with Gasteiger partial charge in [0.15, 0.2) is 0 Å². The molecule has 0 spiro atoms. The lowest BCUT2D eigenvalue weighted by Gasteiger charge is -2.38. The highest BCUT2D eigenvalue weighted by Gasteiger charge is 2.43. The van der Waals surface area contributed by atoms with Crippen LogP contribution in [0, 0.1) is 19.8 Å². The number of amides is 2. The van der Waals surface area contributed by atoms with Crippen LogP contribution in [0.25, 0.3) is 0 Å². The van der Waals surface area contributed by atoms with Crippen LogP contribution in [0.4, 0.5) is 5.69 Å².